The van der Waals surface area contributed by atoms with E-state index in [0.717, 1.165) is 29.9 Å². The lowest BCUT2D eigenvalue weighted by Gasteiger charge is -2.27. The van der Waals surface area contributed by atoms with Gasteiger partial charge in [0.1, 0.15) is 0 Å². The summed E-state index contributed by atoms with van der Waals surface area (Å²) in [4.78, 5) is 13.6. The summed E-state index contributed by atoms with van der Waals surface area (Å²) in [6, 6.07) is 0.301. The summed E-state index contributed by atoms with van der Waals surface area (Å²) >= 11 is 0. The Morgan fingerprint density at radius 1 is 1.46 bits per heavy atom. The van der Waals surface area contributed by atoms with Gasteiger partial charge in [-0.2, -0.15) is 5.10 Å². The zero-order valence-corrected chi connectivity index (χ0v) is 15.0. The minimum atomic E-state index is 0.110. The van der Waals surface area contributed by atoms with Crippen LogP contribution in [-0.4, -0.2) is 33.7 Å². The van der Waals surface area contributed by atoms with Crippen LogP contribution in [0.1, 0.15) is 45.0 Å². The van der Waals surface area contributed by atoms with Crippen LogP contribution in [0, 0.1) is 12.3 Å². The molecule has 1 aromatic rings. The Morgan fingerprint density at radius 3 is 2.83 bits per heavy atom. The quantitative estimate of drug-likeness (QED) is 0.668. The van der Waals surface area contributed by atoms with Gasteiger partial charge in [-0.25, -0.2) is 0 Å². The summed E-state index contributed by atoms with van der Waals surface area (Å²) in [6.45, 7) is 9.82. The van der Waals surface area contributed by atoms with E-state index in [1.807, 2.05) is 30.1 Å². The molecule has 2 rings (SSSR count). The van der Waals surface area contributed by atoms with E-state index in [2.05, 4.69) is 29.8 Å². The van der Waals surface area contributed by atoms with Crippen molar-refractivity contribution in [1.82, 2.24) is 14.7 Å². The Morgan fingerprint density at radius 2 is 2.21 bits per heavy atom. The van der Waals surface area contributed by atoms with Crippen LogP contribution in [0.3, 0.4) is 0 Å². The standard InChI is InChI=1S/C19H26N4O/c1-6-15(4)9-7-8-11-20-19-17-13-22(16(5)24)12-10-18(17)23(21-19)14(2)3/h1,7-9,14H,10-13H2,2-5H3,(H,20,21)/b8-7-,15-9-. The maximum atomic E-state index is 11.7. The number of nitrogens with zero attached hydrogens (tertiary/aromatic N) is 3. The molecule has 0 aliphatic carbocycles. The van der Waals surface area contributed by atoms with Crippen molar-refractivity contribution >= 4 is 11.7 Å². The lowest BCUT2D eigenvalue weighted by molar-refractivity contribution is -0.129. The minimum absolute atomic E-state index is 0.110. The van der Waals surface area contributed by atoms with Gasteiger partial charge < -0.3 is 10.2 Å². The summed E-state index contributed by atoms with van der Waals surface area (Å²) in [5.41, 5.74) is 3.26. The molecule has 0 saturated carbocycles. The summed E-state index contributed by atoms with van der Waals surface area (Å²) in [5, 5.41) is 8.08. The highest BCUT2D eigenvalue weighted by molar-refractivity contribution is 5.74. The zero-order valence-electron chi connectivity index (χ0n) is 15.0. The van der Waals surface area contributed by atoms with E-state index in [-0.39, 0.29) is 5.91 Å². The minimum Gasteiger partial charge on any atom is -0.365 e. The summed E-state index contributed by atoms with van der Waals surface area (Å²) in [7, 11) is 0. The van der Waals surface area contributed by atoms with Crippen molar-refractivity contribution in [1.29, 1.82) is 0 Å². The number of hydrogen-bond acceptors (Lipinski definition) is 3. The number of terminal acetylenes is 1. The van der Waals surface area contributed by atoms with Gasteiger partial charge >= 0.3 is 0 Å². The molecule has 1 aliphatic heterocycles. The van der Waals surface area contributed by atoms with Gasteiger partial charge in [-0.15, -0.1) is 6.42 Å². The maximum absolute atomic E-state index is 11.7. The van der Waals surface area contributed by atoms with Gasteiger partial charge in [-0.3, -0.25) is 9.48 Å². The fraction of sp³-hybridized carbons (Fsp3) is 0.474. The van der Waals surface area contributed by atoms with Crippen molar-refractivity contribution in [3.05, 3.63) is 35.1 Å². The molecule has 2 heterocycles. The highest BCUT2D eigenvalue weighted by atomic mass is 16.2. The van der Waals surface area contributed by atoms with Crippen LogP contribution in [0.4, 0.5) is 5.82 Å². The van der Waals surface area contributed by atoms with Crippen LogP contribution in [0.15, 0.2) is 23.8 Å². The van der Waals surface area contributed by atoms with Gasteiger partial charge in [0.15, 0.2) is 5.82 Å². The Balaban J connectivity index is 2.15. The molecule has 24 heavy (non-hydrogen) atoms. The molecule has 5 nitrogen and oxygen atoms in total. The lowest BCUT2D eigenvalue weighted by Crippen LogP contribution is -2.35. The third-order valence-corrected chi connectivity index (χ3v) is 4.12. The first-order chi connectivity index (χ1) is 11.4. The molecule has 0 bridgehead atoms. The molecule has 0 radical (unpaired) electrons. The van der Waals surface area contributed by atoms with E-state index in [4.69, 9.17) is 11.5 Å². The number of anilines is 1. The smallest absolute Gasteiger partial charge is 0.219 e. The van der Waals surface area contributed by atoms with Gasteiger partial charge in [0, 0.05) is 43.7 Å². The number of fused-ring (bicyclic) bond motifs is 1. The Kier molecular flexibility index (Phi) is 5.86. The molecule has 128 valence electrons. The van der Waals surface area contributed by atoms with Gasteiger partial charge in [0.2, 0.25) is 5.91 Å². The fourth-order valence-corrected chi connectivity index (χ4v) is 2.77. The topological polar surface area (TPSA) is 50.2 Å². The predicted octanol–water partition coefficient (Wildman–Crippen LogP) is 2.92. The second-order valence-electron chi connectivity index (χ2n) is 6.31. The molecule has 0 aromatic carbocycles. The van der Waals surface area contributed by atoms with Gasteiger partial charge in [0.25, 0.3) is 0 Å². The number of aromatic nitrogens is 2. The Labute approximate surface area is 144 Å². The third-order valence-electron chi connectivity index (χ3n) is 4.12. The van der Waals surface area contributed by atoms with Crippen LogP contribution in [0.25, 0.3) is 0 Å². The number of carbonyl (C=O) groups excluding carboxylic acids is 1. The number of allylic oxidation sites excluding steroid dienone is 3. The summed E-state index contributed by atoms with van der Waals surface area (Å²) < 4.78 is 2.07. The molecule has 0 fully saturated rings. The van der Waals surface area contributed by atoms with Crippen molar-refractivity contribution in [2.45, 2.75) is 46.7 Å². The molecule has 1 N–H and O–H groups in total. The number of nitrogens with one attached hydrogen (secondary N) is 1. The molecule has 1 aliphatic rings. The first-order valence-corrected chi connectivity index (χ1v) is 8.33. The third kappa shape index (κ3) is 4.08. The fourth-order valence-electron chi connectivity index (χ4n) is 2.77. The summed E-state index contributed by atoms with van der Waals surface area (Å²) in [5.74, 6) is 3.56. The van der Waals surface area contributed by atoms with Gasteiger partial charge in [-0.05, 0) is 26.3 Å². The van der Waals surface area contributed by atoms with Crippen LogP contribution in [0.5, 0.6) is 0 Å². The number of carbonyl (C=O) groups is 1. The van der Waals surface area contributed by atoms with Crippen molar-refractivity contribution in [2.24, 2.45) is 0 Å². The number of hydrogen-bond donors (Lipinski definition) is 1. The lowest BCUT2D eigenvalue weighted by atomic mass is 10.1. The Bertz CT molecular complexity index is 704. The molecule has 0 atom stereocenters. The molecule has 0 unspecified atom stereocenters. The van der Waals surface area contributed by atoms with E-state index in [9.17, 15) is 4.79 Å². The highest BCUT2D eigenvalue weighted by Crippen LogP contribution is 2.28. The molecule has 1 amide bonds. The van der Waals surface area contributed by atoms with Crippen LogP contribution < -0.4 is 5.32 Å². The largest absolute Gasteiger partial charge is 0.365 e. The first-order valence-electron chi connectivity index (χ1n) is 8.33. The number of rotatable bonds is 5. The monoisotopic (exact) mass is 326 g/mol. The van der Waals surface area contributed by atoms with E-state index in [1.54, 1.807) is 6.92 Å². The molecule has 0 spiro atoms. The zero-order chi connectivity index (χ0) is 17.7. The molecule has 5 heteroatoms. The average molecular weight is 326 g/mol. The first kappa shape index (κ1) is 17.9. The normalized spacial score (nSPS) is 14.8. The molecular formula is C19H26N4O. The maximum Gasteiger partial charge on any atom is 0.219 e. The number of amides is 1. The van der Waals surface area contributed by atoms with Crippen LogP contribution in [-0.2, 0) is 17.8 Å². The van der Waals surface area contributed by atoms with Crippen molar-refractivity contribution in [2.75, 3.05) is 18.4 Å². The van der Waals surface area contributed by atoms with Gasteiger partial charge in [0.05, 0.1) is 6.54 Å². The average Bonchev–Trinajstić information content (AvgIpc) is 2.92. The van der Waals surface area contributed by atoms with Crippen molar-refractivity contribution in [3.8, 4) is 12.3 Å². The predicted molar refractivity (Wildman–Crippen MR) is 97.6 cm³/mol. The molecular weight excluding hydrogens is 300 g/mol. The van der Waals surface area contributed by atoms with E-state index >= 15 is 0 Å². The van der Waals surface area contributed by atoms with Crippen LogP contribution in [0.2, 0.25) is 0 Å². The van der Waals surface area contributed by atoms with Crippen LogP contribution >= 0.6 is 0 Å². The summed E-state index contributed by atoms with van der Waals surface area (Å²) in [6.07, 6.45) is 12.0. The van der Waals surface area contributed by atoms with E-state index in [1.165, 1.54) is 5.69 Å². The van der Waals surface area contributed by atoms with E-state index < -0.39 is 0 Å². The molecule has 1 aromatic heterocycles. The van der Waals surface area contributed by atoms with Gasteiger partial charge in [-0.1, -0.05) is 24.1 Å². The SMILES string of the molecule is C#C/C(C)=C\C=C/CNc1nn(C(C)C)c2c1CN(C(C)=O)CC2. The highest BCUT2D eigenvalue weighted by Gasteiger charge is 2.26. The van der Waals surface area contributed by atoms with Crippen molar-refractivity contribution in [3.63, 3.8) is 0 Å². The second-order valence-corrected chi connectivity index (χ2v) is 6.31. The van der Waals surface area contributed by atoms with E-state index in [0.29, 0.717) is 19.1 Å². The van der Waals surface area contributed by atoms with Crippen molar-refractivity contribution < 1.29 is 4.79 Å². The molecule has 0 saturated heterocycles. The Hall–Kier alpha value is -2.48. The second kappa shape index (κ2) is 7.87.